The lowest BCUT2D eigenvalue weighted by Crippen LogP contribution is -2.29. The van der Waals surface area contributed by atoms with E-state index in [9.17, 15) is 9.59 Å². The van der Waals surface area contributed by atoms with Crippen LogP contribution in [0.4, 0.5) is 0 Å². The molecule has 1 fully saturated rings. The van der Waals surface area contributed by atoms with E-state index in [1.54, 1.807) is 30.3 Å². The molecule has 3 rings (SSSR count). The number of benzene rings is 2. The Morgan fingerprint density at radius 3 is 1.64 bits per heavy atom. The second kappa shape index (κ2) is 5.38. The van der Waals surface area contributed by atoms with Gasteiger partial charge in [-0.2, -0.15) is 0 Å². The zero-order valence-corrected chi connectivity index (χ0v) is 12.5. The summed E-state index contributed by atoms with van der Waals surface area (Å²) >= 11 is 0. The van der Waals surface area contributed by atoms with Crippen molar-refractivity contribution in [1.29, 1.82) is 0 Å². The van der Waals surface area contributed by atoms with Crippen LogP contribution in [-0.4, -0.2) is 11.6 Å². The molecule has 2 aromatic rings. The highest BCUT2D eigenvalue weighted by molar-refractivity contribution is 6.23. The van der Waals surface area contributed by atoms with Crippen molar-refractivity contribution in [1.82, 2.24) is 0 Å². The molecular formula is C20H18O2. The van der Waals surface area contributed by atoms with Crippen LogP contribution in [0.15, 0.2) is 73.3 Å². The number of ketones is 2. The van der Waals surface area contributed by atoms with Gasteiger partial charge in [-0.15, -0.1) is 6.58 Å². The highest BCUT2D eigenvalue weighted by Crippen LogP contribution is 2.62. The molecule has 0 radical (unpaired) electrons. The minimum absolute atomic E-state index is 0.0228. The molecule has 0 aromatic heterocycles. The molecule has 1 saturated carbocycles. The molecule has 0 saturated heterocycles. The van der Waals surface area contributed by atoms with Gasteiger partial charge in [0.2, 0.25) is 0 Å². The molecule has 1 aliphatic rings. The van der Waals surface area contributed by atoms with Crippen molar-refractivity contribution in [3.05, 3.63) is 84.4 Å². The highest BCUT2D eigenvalue weighted by atomic mass is 16.2. The SMILES string of the molecule is C=C[C@@H]1[C@@H](C)C1(C(=O)c1ccccc1)C(=O)c1ccccc1. The molecule has 0 unspecified atom stereocenters. The molecule has 2 atom stereocenters. The van der Waals surface area contributed by atoms with Crippen molar-refractivity contribution in [2.45, 2.75) is 6.92 Å². The van der Waals surface area contributed by atoms with Crippen LogP contribution in [0.2, 0.25) is 0 Å². The summed E-state index contributed by atoms with van der Waals surface area (Å²) in [5.41, 5.74) is 0.177. The minimum atomic E-state index is -0.996. The first-order chi connectivity index (χ1) is 10.6. The van der Waals surface area contributed by atoms with E-state index in [-0.39, 0.29) is 23.4 Å². The lowest BCUT2D eigenvalue weighted by molar-refractivity contribution is 0.0761. The van der Waals surface area contributed by atoms with E-state index >= 15 is 0 Å². The second-order valence-corrected chi connectivity index (χ2v) is 5.81. The second-order valence-electron chi connectivity index (χ2n) is 5.81. The van der Waals surface area contributed by atoms with Gasteiger partial charge in [0.05, 0.1) is 0 Å². The maximum atomic E-state index is 13.1. The summed E-state index contributed by atoms with van der Waals surface area (Å²) in [5.74, 6) is -0.322. The van der Waals surface area contributed by atoms with Crippen LogP contribution in [0.5, 0.6) is 0 Å². The van der Waals surface area contributed by atoms with Gasteiger partial charge in [0, 0.05) is 17.0 Å². The lowest BCUT2D eigenvalue weighted by atomic mass is 9.83. The Hall–Kier alpha value is -2.48. The average molecular weight is 290 g/mol. The smallest absolute Gasteiger partial charge is 0.177 e. The third kappa shape index (κ3) is 1.95. The van der Waals surface area contributed by atoms with Gasteiger partial charge in [0.1, 0.15) is 5.41 Å². The van der Waals surface area contributed by atoms with Crippen molar-refractivity contribution < 1.29 is 9.59 Å². The molecule has 0 aliphatic heterocycles. The van der Waals surface area contributed by atoms with Gasteiger partial charge >= 0.3 is 0 Å². The van der Waals surface area contributed by atoms with Gasteiger partial charge < -0.3 is 0 Å². The first-order valence-corrected chi connectivity index (χ1v) is 7.46. The number of allylic oxidation sites excluding steroid dienone is 1. The molecule has 22 heavy (non-hydrogen) atoms. The topological polar surface area (TPSA) is 34.1 Å². The van der Waals surface area contributed by atoms with Crippen LogP contribution in [0.3, 0.4) is 0 Å². The molecule has 2 heteroatoms. The number of rotatable bonds is 5. The van der Waals surface area contributed by atoms with Crippen LogP contribution in [0.25, 0.3) is 0 Å². The van der Waals surface area contributed by atoms with Crippen LogP contribution >= 0.6 is 0 Å². The van der Waals surface area contributed by atoms with E-state index < -0.39 is 5.41 Å². The molecule has 0 spiro atoms. The number of hydrogen-bond acceptors (Lipinski definition) is 2. The van der Waals surface area contributed by atoms with Gasteiger partial charge in [-0.05, 0) is 5.92 Å². The van der Waals surface area contributed by atoms with Crippen molar-refractivity contribution in [2.75, 3.05) is 0 Å². The van der Waals surface area contributed by atoms with E-state index in [1.165, 1.54) is 0 Å². The first-order valence-electron chi connectivity index (χ1n) is 7.46. The number of carbonyl (C=O) groups excluding carboxylic acids is 2. The largest absolute Gasteiger partial charge is 0.293 e. The van der Waals surface area contributed by atoms with E-state index in [2.05, 4.69) is 6.58 Å². The fourth-order valence-corrected chi connectivity index (χ4v) is 3.46. The predicted octanol–water partition coefficient (Wildman–Crippen LogP) is 4.19. The molecule has 110 valence electrons. The third-order valence-electron chi connectivity index (χ3n) is 4.75. The molecule has 2 nitrogen and oxygen atoms in total. The summed E-state index contributed by atoms with van der Waals surface area (Å²) in [6.45, 7) is 5.77. The zero-order valence-electron chi connectivity index (χ0n) is 12.5. The standard InChI is InChI=1S/C20H18O2/c1-3-17-14(2)20(17,18(21)15-10-6-4-7-11-15)19(22)16-12-8-5-9-13-16/h3-14,17H,1H2,2H3/t14-,17-/m1/s1. The molecule has 0 amide bonds. The first kappa shape index (κ1) is 14.5. The average Bonchev–Trinajstić information content (AvgIpc) is 3.20. The fourth-order valence-electron chi connectivity index (χ4n) is 3.46. The fraction of sp³-hybridized carbons (Fsp3) is 0.200. The van der Waals surface area contributed by atoms with Crippen LogP contribution in [0, 0.1) is 17.3 Å². The summed E-state index contributed by atoms with van der Waals surface area (Å²) in [5, 5.41) is 0. The molecule has 2 aromatic carbocycles. The molecular weight excluding hydrogens is 272 g/mol. The predicted molar refractivity (Wildman–Crippen MR) is 86.8 cm³/mol. The van der Waals surface area contributed by atoms with Gasteiger partial charge in [-0.1, -0.05) is 73.7 Å². The van der Waals surface area contributed by atoms with E-state index in [4.69, 9.17) is 0 Å². The number of Topliss-reactive ketones (excluding diaryl/α,β-unsaturated/α-hetero) is 2. The summed E-state index contributed by atoms with van der Waals surface area (Å²) in [6, 6.07) is 18.1. The van der Waals surface area contributed by atoms with Gasteiger partial charge in [0.15, 0.2) is 11.6 Å². The van der Waals surface area contributed by atoms with Gasteiger partial charge in [-0.25, -0.2) is 0 Å². The molecule has 0 bridgehead atoms. The monoisotopic (exact) mass is 290 g/mol. The van der Waals surface area contributed by atoms with Crippen molar-refractivity contribution in [3.63, 3.8) is 0 Å². The van der Waals surface area contributed by atoms with E-state index in [0.29, 0.717) is 11.1 Å². The van der Waals surface area contributed by atoms with Crippen molar-refractivity contribution in [3.8, 4) is 0 Å². The van der Waals surface area contributed by atoms with Crippen LogP contribution < -0.4 is 0 Å². The van der Waals surface area contributed by atoms with Gasteiger partial charge in [0.25, 0.3) is 0 Å². The van der Waals surface area contributed by atoms with Crippen LogP contribution in [-0.2, 0) is 0 Å². The van der Waals surface area contributed by atoms with E-state index in [1.807, 2.05) is 43.3 Å². The lowest BCUT2D eigenvalue weighted by Gasteiger charge is -2.15. The minimum Gasteiger partial charge on any atom is -0.293 e. The highest BCUT2D eigenvalue weighted by Gasteiger charge is 2.69. The maximum absolute atomic E-state index is 13.1. The third-order valence-corrected chi connectivity index (χ3v) is 4.75. The Bertz CT molecular complexity index is 664. The Kier molecular flexibility index (Phi) is 3.53. The van der Waals surface area contributed by atoms with E-state index in [0.717, 1.165) is 0 Å². The molecule has 0 N–H and O–H groups in total. The van der Waals surface area contributed by atoms with Crippen LogP contribution in [0.1, 0.15) is 27.6 Å². The Morgan fingerprint density at radius 1 is 0.909 bits per heavy atom. The zero-order chi connectivity index (χ0) is 15.7. The van der Waals surface area contributed by atoms with Crippen molar-refractivity contribution >= 4 is 11.6 Å². The normalized spacial score (nSPS) is 21.9. The molecule has 1 aliphatic carbocycles. The number of hydrogen-bond donors (Lipinski definition) is 0. The summed E-state index contributed by atoms with van der Waals surface area (Å²) in [6.07, 6.45) is 1.74. The number of carbonyl (C=O) groups is 2. The summed E-state index contributed by atoms with van der Waals surface area (Å²) in [7, 11) is 0. The Morgan fingerprint density at radius 2 is 1.32 bits per heavy atom. The quantitative estimate of drug-likeness (QED) is 0.470. The summed E-state index contributed by atoms with van der Waals surface area (Å²) in [4.78, 5) is 26.1. The Labute approximate surface area is 130 Å². The Balaban J connectivity index is 2.06. The van der Waals surface area contributed by atoms with Crippen molar-refractivity contribution in [2.24, 2.45) is 17.3 Å². The van der Waals surface area contributed by atoms with Gasteiger partial charge in [-0.3, -0.25) is 9.59 Å². The maximum Gasteiger partial charge on any atom is 0.177 e. The summed E-state index contributed by atoms with van der Waals surface area (Å²) < 4.78 is 0. The molecule has 0 heterocycles.